The smallest absolute Gasteiger partial charge is 0.245 e. The van der Waals surface area contributed by atoms with Crippen molar-refractivity contribution in [1.29, 1.82) is 5.26 Å². The topological polar surface area (TPSA) is 89.2 Å². The molecule has 0 saturated carbocycles. The molecular formula is C14H10IN5O. The average molecular weight is 391 g/mol. The van der Waals surface area contributed by atoms with Gasteiger partial charge < -0.3 is 10.5 Å². The Hall–Kier alpha value is -2.34. The van der Waals surface area contributed by atoms with Crippen LogP contribution in [0.1, 0.15) is 11.3 Å². The Kier molecular flexibility index (Phi) is 3.39. The summed E-state index contributed by atoms with van der Waals surface area (Å²) in [6.45, 7) is 1.90. The average Bonchev–Trinajstić information content (AvgIpc) is 2.83. The van der Waals surface area contributed by atoms with Gasteiger partial charge in [-0.05, 0) is 47.7 Å². The number of nitrogen functional groups attached to an aromatic ring is 1. The fourth-order valence-corrected chi connectivity index (χ4v) is 2.74. The van der Waals surface area contributed by atoms with Crippen molar-refractivity contribution in [3.05, 3.63) is 45.4 Å². The molecule has 21 heavy (non-hydrogen) atoms. The zero-order valence-electron chi connectivity index (χ0n) is 11.0. The standard InChI is InChI=1S/C14H10IN5O/c1-8-4-12-14(18-2-3-20(12)19-8)21-13-10(15)5-9(7-16)6-11(13)17/h2-6H,17H2,1H3. The van der Waals surface area contributed by atoms with Gasteiger partial charge in [0.05, 0.1) is 26.6 Å². The third-order valence-electron chi connectivity index (χ3n) is 2.88. The van der Waals surface area contributed by atoms with Gasteiger partial charge in [0.1, 0.15) is 5.52 Å². The Morgan fingerprint density at radius 3 is 2.90 bits per heavy atom. The number of halogens is 1. The number of anilines is 1. The van der Waals surface area contributed by atoms with Crippen LogP contribution in [0.4, 0.5) is 5.69 Å². The van der Waals surface area contributed by atoms with Crippen LogP contribution in [-0.4, -0.2) is 14.6 Å². The van der Waals surface area contributed by atoms with Crippen molar-refractivity contribution in [2.75, 3.05) is 5.73 Å². The highest BCUT2D eigenvalue weighted by Crippen LogP contribution is 2.34. The summed E-state index contributed by atoms with van der Waals surface area (Å²) in [6, 6.07) is 7.25. The first-order valence-corrected chi connectivity index (χ1v) is 7.14. The van der Waals surface area contributed by atoms with Gasteiger partial charge >= 0.3 is 0 Å². The van der Waals surface area contributed by atoms with Gasteiger partial charge in [-0.1, -0.05) is 0 Å². The second kappa shape index (κ2) is 5.21. The molecule has 1 aromatic carbocycles. The van der Waals surface area contributed by atoms with E-state index in [1.54, 1.807) is 29.0 Å². The monoisotopic (exact) mass is 391 g/mol. The normalized spacial score (nSPS) is 10.5. The van der Waals surface area contributed by atoms with Crippen LogP contribution < -0.4 is 10.5 Å². The van der Waals surface area contributed by atoms with E-state index in [4.69, 9.17) is 15.7 Å². The van der Waals surface area contributed by atoms with E-state index in [1.807, 2.05) is 13.0 Å². The summed E-state index contributed by atoms with van der Waals surface area (Å²) in [5.74, 6) is 0.918. The van der Waals surface area contributed by atoms with E-state index in [2.05, 4.69) is 38.7 Å². The molecule has 6 nitrogen and oxygen atoms in total. The molecule has 0 spiro atoms. The molecule has 0 amide bonds. The molecule has 0 bridgehead atoms. The predicted molar refractivity (Wildman–Crippen MR) is 86.1 cm³/mol. The summed E-state index contributed by atoms with van der Waals surface area (Å²) in [7, 11) is 0. The zero-order chi connectivity index (χ0) is 15.0. The first-order valence-electron chi connectivity index (χ1n) is 6.06. The van der Waals surface area contributed by atoms with Crippen LogP contribution in [0.25, 0.3) is 5.52 Å². The van der Waals surface area contributed by atoms with Crippen molar-refractivity contribution in [3.8, 4) is 17.7 Å². The van der Waals surface area contributed by atoms with Crippen LogP contribution in [-0.2, 0) is 0 Å². The number of nitrogens with zero attached hydrogens (tertiary/aromatic N) is 4. The van der Waals surface area contributed by atoms with Gasteiger partial charge in [-0.25, -0.2) is 9.50 Å². The number of rotatable bonds is 2. The third-order valence-corrected chi connectivity index (χ3v) is 3.68. The highest BCUT2D eigenvalue weighted by Gasteiger charge is 2.13. The summed E-state index contributed by atoms with van der Waals surface area (Å²) in [4.78, 5) is 4.23. The quantitative estimate of drug-likeness (QED) is 0.536. The first kappa shape index (κ1) is 13.6. The lowest BCUT2D eigenvalue weighted by atomic mass is 10.2. The number of aryl methyl sites for hydroxylation is 1. The van der Waals surface area contributed by atoms with Gasteiger partial charge in [-0.3, -0.25) is 0 Å². The Balaban J connectivity index is 2.09. The highest BCUT2D eigenvalue weighted by molar-refractivity contribution is 14.1. The summed E-state index contributed by atoms with van der Waals surface area (Å²) >= 11 is 2.08. The van der Waals surface area contributed by atoms with Crippen molar-refractivity contribution in [1.82, 2.24) is 14.6 Å². The van der Waals surface area contributed by atoms with E-state index in [9.17, 15) is 0 Å². The SMILES string of the molecule is Cc1cc2c(Oc3c(N)cc(C#N)cc3I)nccn2n1. The molecule has 0 unspecified atom stereocenters. The molecule has 0 aliphatic carbocycles. The number of hydrogen-bond acceptors (Lipinski definition) is 5. The molecule has 0 fully saturated rings. The minimum absolute atomic E-state index is 0.401. The maximum Gasteiger partial charge on any atom is 0.245 e. The number of fused-ring (bicyclic) bond motifs is 1. The van der Waals surface area contributed by atoms with Crippen LogP contribution in [0.2, 0.25) is 0 Å². The number of nitriles is 1. The molecule has 2 aromatic heterocycles. The summed E-state index contributed by atoms with van der Waals surface area (Å²) in [5, 5.41) is 13.2. The van der Waals surface area contributed by atoms with Gasteiger partial charge in [0, 0.05) is 12.4 Å². The molecule has 0 radical (unpaired) electrons. The fraction of sp³-hybridized carbons (Fsp3) is 0.0714. The minimum atomic E-state index is 0.401. The number of aromatic nitrogens is 3. The molecule has 0 aliphatic heterocycles. The van der Waals surface area contributed by atoms with Gasteiger partial charge in [0.25, 0.3) is 0 Å². The summed E-state index contributed by atoms with van der Waals surface area (Å²) in [6.07, 6.45) is 3.36. The fourth-order valence-electron chi connectivity index (χ4n) is 1.98. The molecule has 0 aliphatic rings. The van der Waals surface area contributed by atoms with Crippen molar-refractivity contribution in [2.45, 2.75) is 6.92 Å². The van der Waals surface area contributed by atoms with Gasteiger partial charge in [0.15, 0.2) is 5.75 Å². The molecule has 7 heteroatoms. The molecule has 2 N–H and O–H groups in total. The van der Waals surface area contributed by atoms with Gasteiger partial charge in [-0.15, -0.1) is 0 Å². The van der Waals surface area contributed by atoms with Crippen LogP contribution in [0.15, 0.2) is 30.6 Å². The van der Waals surface area contributed by atoms with Crippen molar-refractivity contribution >= 4 is 33.8 Å². The third kappa shape index (κ3) is 2.50. The lowest BCUT2D eigenvalue weighted by molar-refractivity contribution is 0.464. The van der Waals surface area contributed by atoms with E-state index in [1.165, 1.54) is 0 Å². The van der Waals surface area contributed by atoms with E-state index in [0.29, 0.717) is 22.9 Å². The Bertz CT molecular complexity index is 858. The second-order valence-electron chi connectivity index (χ2n) is 4.44. The maximum absolute atomic E-state index is 8.94. The molecule has 104 valence electrons. The van der Waals surface area contributed by atoms with Gasteiger partial charge in [0.2, 0.25) is 5.88 Å². The van der Waals surface area contributed by atoms with E-state index >= 15 is 0 Å². The number of nitrogens with two attached hydrogens (primary N) is 1. The second-order valence-corrected chi connectivity index (χ2v) is 5.60. The van der Waals surface area contributed by atoms with E-state index in [0.717, 1.165) is 14.8 Å². The lowest BCUT2D eigenvalue weighted by Crippen LogP contribution is -1.99. The maximum atomic E-state index is 8.94. The summed E-state index contributed by atoms with van der Waals surface area (Å²) in [5.41, 5.74) is 8.49. The number of benzene rings is 1. The molecule has 3 aromatic rings. The molecule has 3 rings (SSSR count). The first-order chi connectivity index (χ1) is 10.1. The molecule has 2 heterocycles. The largest absolute Gasteiger partial charge is 0.434 e. The number of ether oxygens (including phenoxy) is 1. The number of hydrogen-bond donors (Lipinski definition) is 1. The molecular weight excluding hydrogens is 381 g/mol. The minimum Gasteiger partial charge on any atom is -0.434 e. The summed E-state index contributed by atoms with van der Waals surface area (Å²) < 4.78 is 8.30. The van der Waals surface area contributed by atoms with Crippen molar-refractivity contribution in [2.24, 2.45) is 0 Å². The van der Waals surface area contributed by atoms with Crippen LogP contribution in [0, 0.1) is 21.8 Å². The van der Waals surface area contributed by atoms with Crippen LogP contribution >= 0.6 is 22.6 Å². The highest BCUT2D eigenvalue weighted by atomic mass is 127. The Labute approximate surface area is 134 Å². The Morgan fingerprint density at radius 1 is 1.38 bits per heavy atom. The zero-order valence-corrected chi connectivity index (χ0v) is 13.2. The molecule has 0 atom stereocenters. The molecule has 0 saturated heterocycles. The van der Waals surface area contributed by atoms with E-state index in [-0.39, 0.29) is 0 Å². The van der Waals surface area contributed by atoms with Crippen LogP contribution in [0.5, 0.6) is 11.6 Å². The van der Waals surface area contributed by atoms with Gasteiger partial charge in [-0.2, -0.15) is 10.4 Å². The van der Waals surface area contributed by atoms with Crippen LogP contribution in [0.3, 0.4) is 0 Å². The van der Waals surface area contributed by atoms with Crippen molar-refractivity contribution in [3.63, 3.8) is 0 Å². The van der Waals surface area contributed by atoms with E-state index < -0.39 is 0 Å². The van der Waals surface area contributed by atoms with Crippen molar-refractivity contribution < 1.29 is 4.74 Å². The Morgan fingerprint density at radius 2 is 2.19 bits per heavy atom. The predicted octanol–water partition coefficient (Wildman–Crippen LogP) is 2.89. The lowest BCUT2D eigenvalue weighted by Gasteiger charge is -2.10.